The fourth-order valence-electron chi connectivity index (χ4n) is 1.36. The highest BCUT2D eigenvalue weighted by atomic mass is 32.2. The number of hydrogen-bond acceptors (Lipinski definition) is 6. The van der Waals surface area contributed by atoms with Crippen molar-refractivity contribution in [3.8, 4) is 5.88 Å². The summed E-state index contributed by atoms with van der Waals surface area (Å²) in [5, 5.41) is 0. The summed E-state index contributed by atoms with van der Waals surface area (Å²) in [7, 11) is -2.36. The maximum atomic E-state index is 12.1. The van der Waals surface area contributed by atoms with Gasteiger partial charge in [-0.05, 0) is 19.1 Å². The van der Waals surface area contributed by atoms with E-state index in [9.17, 15) is 8.42 Å². The van der Waals surface area contributed by atoms with Gasteiger partial charge in [-0.3, -0.25) is 9.71 Å². The maximum absolute atomic E-state index is 12.1. The van der Waals surface area contributed by atoms with Crippen molar-refractivity contribution in [2.75, 3.05) is 11.8 Å². The van der Waals surface area contributed by atoms with Gasteiger partial charge >= 0.3 is 0 Å². The summed E-state index contributed by atoms with van der Waals surface area (Å²) in [6.45, 7) is 1.73. The van der Waals surface area contributed by atoms with Gasteiger partial charge in [0.15, 0.2) is 0 Å². The predicted octanol–water partition coefficient (Wildman–Crippen LogP) is 0.989. The van der Waals surface area contributed by atoms with E-state index >= 15 is 0 Å². The Kier molecular flexibility index (Phi) is 3.61. The number of nitrogens with zero attached hydrogens (tertiary/aromatic N) is 3. The first-order chi connectivity index (χ1) is 9.03. The van der Waals surface area contributed by atoms with Crippen LogP contribution in [-0.2, 0) is 10.0 Å². The number of ether oxygens (including phenoxy) is 1. The Morgan fingerprint density at radius 2 is 2.11 bits per heavy atom. The van der Waals surface area contributed by atoms with Gasteiger partial charge in [-0.15, -0.1) is 0 Å². The second-order valence-electron chi connectivity index (χ2n) is 3.66. The van der Waals surface area contributed by atoms with E-state index in [1.54, 1.807) is 6.92 Å². The normalized spacial score (nSPS) is 11.1. The molecule has 0 aromatic carbocycles. The molecule has 2 heterocycles. The Balaban J connectivity index is 2.36. The summed E-state index contributed by atoms with van der Waals surface area (Å²) in [5.74, 6) is 0.157. The van der Waals surface area contributed by atoms with Crippen LogP contribution in [0.4, 0.5) is 5.82 Å². The number of aryl methyl sites for hydroxylation is 1. The van der Waals surface area contributed by atoms with Crippen LogP contribution >= 0.6 is 0 Å². The highest BCUT2D eigenvalue weighted by molar-refractivity contribution is 7.92. The summed E-state index contributed by atoms with van der Waals surface area (Å²) in [4.78, 5) is 11.8. The van der Waals surface area contributed by atoms with Crippen LogP contribution in [0.5, 0.6) is 5.88 Å². The topological polar surface area (TPSA) is 94.1 Å². The molecule has 1 N–H and O–H groups in total. The number of aromatic nitrogens is 3. The summed E-state index contributed by atoms with van der Waals surface area (Å²) >= 11 is 0. The highest BCUT2D eigenvalue weighted by Crippen LogP contribution is 2.21. The lowest BCUT2D eigenvalue weighted by atomic mass is 10.5. The number of nitrogens with one attached hydrogen (secondary N) is 1. The lowest BCUT2D eigenvalue weighted by Gasteiger charge is -2.10. The zero-order chi connectivity index (χ0) is 13.9. The molecule has 0 radical (unpaired) electrons. The molecule has 2 aromatic rings. The van der Waals surface area contributed by atoms with Gasteiger partial charge in [-0.1, -0.05) is 0 Å². The monoisotopic (exact) mass is 280 g/mol. The van der Waals surface area contributed by atoms with Crippen LogP contribution in [0.1, 0.15) is 5.69 Å². The SMILES string of the molecule is COc1nc(C)cnc1NS(=O)(=O)c1cccnc1. The molecule has 2 aromatic heterocycles. The third kappa shape index (κ3) is 2.97. The fraction of sp³-hybridized carbons (Fsp3) is 0.182. The minimum Gasteiger partial charge on any atom is -0.478 e. The second-order valence-corrected chi connectivity index (χ2v) is 5.35. The van der Waals surface area contributed by atoms with Gasteiger partial charge in [-0.2, -0.15) is 0 Å². The molecule has 19 heavy (non-hydrogen) atoms. The number of rotatable bonds is 4. The van der Waals surface area contributed by atoms with Gasteiger partial charge in [0, 0.05) is 12.4 Å². The van der Waals surface area contributed by atoms with E-state index < -0.39 is 10.0 Å². The van der Waals surface area contributed by atoms with E-state index in [1.165, 1.54) is 37.8 Å². The van der Waals surface area contributed by atoms with Crippen molar-refractivity contribution in [2.45, 2.75) is 11.8 Å². The molecule has 2 rings (SSSR count). The minimum atomic E-state index is -3.75. The molecule has 0 aliphatic carbocycles. The van der Waals surface area contributed by atoms with Gasteiger partial charge in [0.1, 0.15) is 4.90 Å². The van der Waals surface area contributed by atoms with Gasteiger partial charge in [-0.25, -0.2) is 18.4 Å². The van der Waals surface area contributed by atoms with E-state index in [1.807, 2.05) is 0 Å². The predicted molar refractivity (Wildman–Crippen MR) is 68.4 cm³/mol. The van der Waals surface area contributed by atoms with Gasteiger partial charge in [0.2, 0.25) is 5.82 Å². The van der Waals surface area contributed by atoms with E-state index in [4.69, 9.17) is 4.74 Å². The molecular weight excluding hydrogens is 268 g/mol. The van der Waals surface area contributed by atoms with Crippen molar-refractivity contribution < 1.29 is 13.2 Å². The fourth-order valence-corrected chi connectivity index (χ4v) is 2.33. The molecule has 0 fully saturated rings. The van der Waals surface area contributed by atoms with Crippen molar-refractivity contribution >= 4 is 15.8 Å². The quantitative estimate of drug-likeness (QED) is 0.897. The minimum absolute atomic E-state index is 0.0388. The Labute approximate surface area is 110 Å². The van der Waals surface area contributed by atoms with E-state index in [2.05, 4.69) is 19.7 Å². The van der Waals surface area contributed by atoms with Crippen molar-refractivity contribution in [3.63, 3.8) is 0 Å². The van der Waals surface area contributed by atoms with Crippen LogP contribution in [0.15, 0.2) is 35.6 Å². The molecule has 100 valence electrons. The molecular formula is C11H12N4O3S. The lowest BCUT2D eigenvalue weighted by molar-refractivity contribution is 0.397. The smallest absolute Gasteiger partial charge is 0.264 e. The second kappa shape index (κ2) is 5.19. The Bertz CT molecular complexity index is 674. The third-order valence-electron chi connectivity index (χ3n) is 2.23. The molecule has 0 bridgehead atoms. The molecule has 8 heteroatoms. The summed E-state index contributed by atoms with van der Waals surface area (Å²) in [5.41, 5.74) is 0.626. The first kappa shape index (κ1) is 13.2. The zero-order valence-electron chi connectivity index (χ0n) is 10.4. The summed E-state index contributed by atoms with van der Waals surface area (Å²) in [6, 6.07) is 2.97. The Hall–Kier alpha value is -2.22. The summed E-state index contributed by atoms with van der Waals surface area (Å²) in [6.07, 6.45) is 4.19. The first-order valence-corrected chi connectivity index (χ1v) is 6.82. The molecule has 0 atom stereocenters. The molecule has 0 aliphatic rings. The average Bonchev–Trinajstić information content (AvgIpc) is 2.41. The van der Waals surface area contributed by atoms with Gasteiger partial charge in [0.05, 0.1) is 19.0 Å². The largest absolute Gasteiger partial charge is 0.478 e. The number of methoxy groups -OCH3 is 1. The molecule has 0 saturated heterocycles. The number of pyridine rings is 1. The van der Waals surface area contributed by atoms with Crippen molar-refractivity contribution in [1.82, 2.24) is 15.0 Å². The van der Waals surface area contributed by atoms with Crippen LogP contribution in [0.2, 0.25) is 0 Å². The third-order valence-corrected chi connectivity index (χ3v) is 3.55. The Morgan fingerprint density at radius 1 is 1.32 bits per heavy atom. The highest BCUT2D eigenvalue weighted by Gasteiger charge is 2.18. The standard InChI is InChI=1S/C11H12N4O3S/c1-8-6-13-10(11(14-8)18-2)15-19(16,17)9-4-3-5-12-7-9/h3-7H,1-2H3,(H,13,15). The number of anilines is 1. The number of hydrogen-bond donors (Lipinski definition) is 1. The van der Waals surface area contributed by atoms with Gasteiger partial charge in [0.25, 0.3) is 15.9 Å². The van der Waals surface area contributed by atoms with E-state index in [0.717, 1.165) is 0 Å². The maximum Gasteiger partial charge on any atom is 0.264 e. The van der Waals surface area contributed by atoms with Crippen LogP contribution < -0.4 is 9.46 Å². The van der Waals surface area contributed by atoms with Crippen molar-refractivity contribution in [1.29, 1.82) is 0 Å². The first-order valence-electron chi connectivity index (χ1n) is 5.33. The zero-order valence-corrected chi connectivity index (χ0v) is 11.2. The molecule has 0 amide bonds. The molecule has 0 spiro atoms. The van der Waals surface area contributed by atoms with Crippen LogP contribution in [0.3, 0.4) is 0 Å². The van der Waals surface area contributed by atoms with Crippen LogP contribution in [0, 0.1) is 6.92 Å². The average molecular weight is 280 g/mol. The molecule has 0 aliphatic heterocycles. The molecule has 0 unspecified atom stereocenters. The Morgan fingerprint density at radius 3 is 2.74 bits per heavy atom. The summed E-state index contributed by atoms with van der Waals surface area (Å²) < 4.78 is 31.5. The van der Waals surface area contributed by atoms with Crippen molar-refractivity contribution in [2.24, 2.45) is 0 Å². The van der Waals surface area contributed by atoms with E-state index in [0.29, 0.717) is 5.69 Å². The van der Waals surface area contributed by atoms with E-state index in [-0.39, 0.29) is 16.6 Å². The molecule has 7 nitrogen and oxygen atoms in total. The van der Waals surface area contributed by atoms with Crippen LogP contribution in [-0.4, -0.2) is 30.5 Å². The lowest BCUT2D eigenvalue weighted by Crippen LogP contribution is -2.15. The van der Waals surface area contributed by atoms with Gasteiger partial charge < -0.3 is 4.74 Å². The van der Waals surface area contributed by atoms with Crippen molar-refractivity contribution in [3.05, 3.63) is 36.4 Å². The molecule has 0 saturated carbocycles. The van der Waals surface area contributed by atoms with Crippen LogP contribution in [0.25, 0.3) is 0 Å². The number of sulfonamides is 1.